The van der Waals surface area contributed by atoms with Crippen molar-refractivity contribution < 1.29 is 0 Å². The number of nitrogens with zero attached hydrogens (tertiary/aromatic N) is 2. The number of rotatable bonds is 3. The molecule has 1 rings (SSSR count). The van der Waals surface area contributed by atoms with Gasteiger partial charge in [0.25, 0.3) is 0 Å². The molecule has 2 heteroatoms. The molecule has 0 spiro atoms. The third kappa shape index (κ3) is 1.59. The van der Waals surface area contributed by atoms with Crippen LogP contribution < -0.4 is 0 Å². The Morgan fingerprint density at radius 3 is 2.50 bits per heavy atom. The molecule has 1 heterocycles. The minimum absolute atomic E-state index is 0.528. The van der Waals surface area contributed by atoms with Gasteiger partial charge in [-0.3, -0.25) is 0 Å². The first-order valence-corrected chi connectivity index (χ1v) is 3.78. The maximum absolute atomic E-state index is 4.12. The number of aliphatic imine (C=N–C) groups is 2. The monoisotopic (exact) mass is 137 g/mol. The van der Waals surface area contributed by atoms with Gasteiger partial charge in [0.05, 0.1) is 5.92 Å². The molecule has 2 nitrogen and oxygen atoms in total. The largest absolute Gasteiger partial charge is 0.243 e. The van der Waals surface area contributed by atoms with Crippen LogP contribution in [0.5, 0.6) is 0 Å². The third-order valence-corrected chi connectivity index (χ3v) is 1.64. The summed E-state index contributed by atoms with van der Waals surface area (Å²) in [7, 11) is 0. The van der Waals surface area contributed by atoms with E-state index in [0.29, 0.717) is 5.92 Å². The highest BCUT2D eigenvalue weighted by atomic mass is 15.0. The van der Waals surface area contributed by atoms with E-state index >= 15 is 0 Å². The summed E-state index contributed by atoms with van der Waals surface area (Å²) in [4.78, 5) is 8.25. The lowest BCUT2D eigenvalue weighted by Gasteiger charge is -2.04. The van der Waals surface area contributed by atoms with Crippen LogP contribution in [0.3, 0.4) is 0 Å². The van der Waals surface area contributed by atoms with Crippen molar-refractivity contribution in [2.75, 3.05) is 0 Å². The topological polar surface area (TPSA) is 24.7 Å². The van der Waals surface area contributed by atoms with Gasteiger partial charge in [0.1, 0.15) is 0 Å². The molecule has 0 saturated carbocycles. The fourth-order valence-corrected chi connectivity index (χ4v) is 1.07. The van der Waals surface area contributed by atoms with Crippen molar-refractivity contribution in [3.63, 3.8) is 0 Å². The van der Waals surface area contributed by atoms with Crippen molar-refractivity contribution in [1.29, 1.82) is 0 Å². The number of hydrogen-bond donors (Lipinski definition) is 0. The normalized spacial score (nSPS) is 18.4. The van der Waals surface area contributed by atoms with Crippen LogP contribution in [-0.4, -0.2) is 12.4 Å². The van der Waals surface area contributed by atoms with Crippen molar-refractivity contribution in [3.8, 4) is 0 Å². The molecule has 0 amide bonds. The van der Waals surface area contributed by atoms with Crippen molar-refractivity contribution in [1.82, 2.24) is 0 Å². The van der Waals surface area contributed by atoms with E-state index in [1.807, 2.05) is 0 Å². The molecule has 0 N–H and O–H groups in total. The van der Waals surface area contributed by atoms with Gasteiger partial charge in [-0.15, -0.1) is 0 Å². The summed E-state index contributed by atoms with van der Waals surface area (Å²) in [5.41, 5.74) is 0. The maximum atomic E-state index is 4.12. The Hall–Kier alpha value is -0.790. The maximum Gasteiger partial charge on any atom is 0.243 e. The number of hydrogen-bond acceptors (Lipinski definition) is 2. The zero-order valence-corrected chi connectivity index (χ0v) is 6.54. The van der Waals surface area contributed by atoms with Gasteiger partial charge in [-0.1, -0.05) is 23.3 Å². The average Bonchev–Trinajstić information content (AvgIpc) is 2.38. The van der Waals surface area contributed by atoms with Gasteiger partial charge in [0.15, 0.2) is 12.4 Å². The highest BCUT2D eigenvalue weighted by Gasteiger charge is 2.23. The van der Waals surface area contributed by atoms with E-state index < -0.39 is 0 Å². The third-order valence-electron chi connectivity index (χ3n) is 1.64. The molecule has 1 atom stereocenters. The first-order chi connectivity index (χ1) is 4.84. The first-order valence-electron chi connectivity index (χ1n) is 3.78. The van der Waals surface area contributed by atoms with Gasteiger partial charge < -0.3 is 0 Å². The molecular weight excluding hydrogens is 124 g/mol. The standard InChI is InChI=1S/C8H13N2/c1-3-4-7(2)8-9-5-6-10-8/h5-7H,3-4H2,1-2H3/q+1. The Bertz CT molecular complexity index is 137. The Morgan fingerprint density at radius 2 is 2.00 bits per heavy atom. The molecule has 0 aliphatic carbocycles. The Labute approximate surface area is 62.1 Å². The quantitative estimate of drug-likeness (QED) is 0.532. The van der Waals surface area contributed by atoms with Crippen LogP contribution in [0, 0.1) is 12.1 Å². The Morgan fingerprint density at radius 1 is 1.40 bits per heavy atom. The average molecular weight is 137 g/mol. The van der Waals surface area contributed by atoms with Crippen molar-refractivity contribution >= 4 is 12.4 Å². The van der Waals surface area contributed by atoms with Crippen molar-refractivity contribution in [3.05, 3.63) is 6.17 Å². The second kappa shape index (κ2) is 3.40. The molecule has 0 saturated heterocycles. The van der Waals surface area contributed by atoms with Crippen LogP contribution in [0.25, 0.3) is 0 Å². The molecule has 10 heavy (non-hydrogen) atoms. The van der Waals surface area contributed by atoms with E-state index in [0.717, 1.165) is 6.17 Å². The first kappa shape index (κ1) is 7.32. The van der Waals surface area contributed by atoms with E-state index in [2.05, 4.69) is 23.8 Å². The van der Waals surface area contributed by atoms with Gasteiger partial charge in [-0.25, -0.2) is 0 Å². The molecule has 0 fully saturated rings. The fourth-order valence-electron chi connectivity index (χ4n) is 1.07. The molecule has 0 bridgehead atoms. The minimum atomic E-state index is 0.528. The summed E-state index contributed by atoms with van der Waals surface area (Å²) in [6.45, 7) is 4.35. The van der Waals surface area contributed by atoms with Crippen LogP contribution in [0.2, 0.25) is 0 Å². The van der Waals surface area contributed by atoms with E-state index in [1.165, 1.54) is 12.8 Å². The summed E-state index contributed by atoms with van der Waals surface area (Å²) < 4.78 is 0. The second-order valence-electron chi connectivity index (χ2n) is 2.60. The zero-order valence-electron chi connectivity index (χ0n) is 6.54. The molecule has 0 aromatic carbocycles. The highest BCUT2D eigenvalue weighted by Crippen LogP contribution is 2.22. The molecule has 0 aromatic rings. The van der Waals surface area contributed by atoms with E-state index in [4.69, 9.17) is 0 Å². The van der Waals surface area contributed by atoms with Gasteiger partial charge in [-0.2, -0.15) is 0 Å². The summed E-state index contributed by atoms with van der Waals surface area (Å²) >= 11 is 0. The summed E-state index contributed by atoms with van der Waals surface area (Å²) in [5, 5.41) is 0. The van der Waals surface area contributed by atoms with Crippen LogP contribution in [-0.2, 0) is 0 Å². The minimum Gasteiger partial charge on any atom is -0.0965 e. The Balaban J connectivity index is 2.33. The molecule has 0 radical (unpaired) electrons. The summed E-state index contributed by atoms with van der Waals surface area (Å²) in [6, 6.07) is 0. The highest BCUT2D eigenvalue weighted by molar-refractivity contribution is 6.18. The lowest BCUT2D eigenvalue weighted by atomic mass is 10.0. The fraction of sp³-hybridized carbons (Fsp3) is 0.625. The molecule has 54 valence electrons. The van der Waals surface area contributed by atoms with Crippen LogP contribution >= 0.6 is 0 Å². The van der Waals surface area contributed by atoms with Gasteiger partial charge >= 0.3 is 0 Å². The SMILES string of the molecule is CCCC(C)[C+]1N=CC=N1. The van der Waals surface area contributed by atoms with E-state index in [1.54, 1.807) is 12.4 Å². The van der Waals surface area contributed by atoms with E-state index in [9.17, 15) is 0 Å². The van der Waals surface area contributed by atoms with Crippen LogP contribution in [0.1, 0.15) is 26.7 Å². The second-order valence-corrected chi connectivity index (χ2v) is 2.60. The summed E-state index contributed by atoms with van der Waals surface area (Å²) in [6.07, 6.45) is 6.88. The van der Waals surface area contributed by atoms with E-state index in [-0.39, 0.29) is 0 Å². The van der Waals surface area contributed by atoms with Gasteiger partial charge in [0.2, 0.25) is 6.17 Å². The van der Waals surface area contributed by atoms with Crippen molar-refractivity contribution in [2.45, 2.75) is 26.7 Å². The zero-order chi connectivity index (χ0) is 7.40. The molecule has 1 unspecified atom stereocenters. The summed E-state index contributed by atoms with van der Waals surface area (Å²) in [5.74, 6) is 0.528. The lowest BCUT2D eigenvalue weighted by Crippen LogP contribution is -2.01. The molecule has 1 aliphatic rings. The molecule has 1 aliphatic heterocycles. The van der Waals surface area contributed by atoms with Crippen LogP contribution in [0.15, 0.2) is 9.98 Å². The van der Waals surface area contributed by atoms with Gasteiger partial charge in [0, 0.05) is 0 Å². The van der Waals surface area contributed by atoms with Gasteiger partial charge in [-0.05, 0) is 13.3 Å². The predicted molar refractivity (Wildman–Crippen MR) is 44.3 cm³/mol. The molecule has 0 aromatic heterocycles. The predicted octanol–water partition coefficient (Wildman–Crippen LogP) is 2.07. The van der Waals surface area contributed by atoms with Crippen molar-refractivity contribution in [2.24, 2.45) is 15.9 Å². The smallest absolute Gasteiger partial charge is 0.0965 e. The Kier molecular flexibility index (Phi) is 2.49. The molecular formula is C8H13N2+. The van der Waals surface area contributed by atoms with Crippen LogP contribution in [0.4, 0.5) is 0 Å². The lowest BCUT2D eigenvalue weighted by molar-refractivity contribution is 0.531.